The summed E-state index contributed by atoms with van der Waals surface area (Å²) in [5.41, 5.74) is 0.285. The highest BCUT2D eigenvalue weighted by molar-refractivity contribution is 5.91. The number of rotatable bonds is 5. The third-order valence-electron chi connectivity index (χ3n) is 8.54. The molecule has 1 N–H and O–H groups in total. The molecule has 1 fully saturated rings. The van der Waals surface area contributed by atoms with E-state index in [0.29, 0.717) is 36.3 Å². The number of nitrogens with zero attached hydrogens (tertiary/aromatic N) is 9. The van der Waals surface area contributed by atoms with Crippen molar-refractivity contribution in [3.8, 4) is 22.7 Å². The molecule has 1 aliphatic heterocycles. The summed E-state index contributed by atoms with van der Waals surface area (Å²) in [6.07, 6.45) is 5.34. The standard InChI is InChI=1S/C32H33F2N9O3/c1-17(2)26-28(18(3)9-11-36-26)43-30-21(14-23(34)27(38-30)25-22(33)7-6-8-24(25)44)29(39-31(43)45)41-12-10-20(13-19(41)4)40(5)32(46)42-16-35-15-37-42/h6-9,11,14-17,19-20,44H,10,12-13H2,1-5H3/t19-,20?/m0/s1. The maximum atomic E-state index is 16.0. The number of aromatic hydroxyl groups is 1. The van der Waals surface area contributed by atoms with Crippen molar-refractivity contribution in [1.29, 1.82) is 0 Å². The summed E-state index contributed by atoms with van der Waals surface area (Å²) in [4.78, 5) is 47.9. The van der Waals surface area contributed by atoms with Crippen LogP contribution in [-0.2, 0) is 0 Å². The van der Waals surface area contributed by atoms with Crippen LogP contribution in [0.1, 0.15) is 50.8 Å². The smallest absolute Gasteiger partial charge is 0.355 e. The Morgan fingerprint density at radius 1 is 1.15 bits per heavy atom. The molecule has 0 aliphatic carbocycles. The summed E-state index contributed by atoms with van der Waals surface area (Å²) in [7, 11) is 1.70. The zero-order valence-electron chi connectivity index (χ0n) is 26.0. The van der Waals surface area contributed by atoms with Gasteiger partial charge in [0.2, 0.25) is 0 Å². The SMILES string of the molecule is Cc1ccnc(C(C)C)c1-n1c(=O)nc(N2CCC(N(C)C(=O)n3cncn3)C[C@@H]2C)c2cc(F)c(-c3c(O)cccc3F)nc21. The fourth-order valence-corrected chi connectivity index (χ4v) is 6.17. The number of piperidine rings is 1. The summed E-state index contributed by atoms with van der Waals surface area (Å²) in [6.45, 7) is 8.04. The van der Waals surface area contributed by atoms with Crippen LogP contribution >= 0.6 is 0 Å². The van der Waals surface area contributed by atoms with Crippen LogP contribution in [0.4, 0.5) is 19.4 Å². The van der Waals surface area contributed by atoms with Crippen molar-refractivity contribution < 1.29 is 18.7 Å². The number of anilines is 1. The van der Waals surface area contributed by atoms with Crippen molar-refractivity contribution in [2.45, 2.75) is 58.5 Å². The van der Waals surface area contributed by atoms with Gasteiger partial charge in [-0.25, -0.2) is 32.9 Å². The zero-order valence-corrected chi connectivity index (χ0v) is 26.0. The maximum absolute atomic E-state index is 16.0. The first-order valence-corrected chi connectivity index (χ1v) is 14.9. The number of phenolic OH excluding ortho intramolecular Hbond substituents is 1. The molecule has 0 saturated carbocycles. The molecule has 46 heavy (non-hydrogen) atoms. The van der Waals surface area contributed by atoms with Gasteiger partial charge in [0.25, 0.3) is 0 Å². The second-order valence-electron chi connectivity index (χ2n) is 11.8. The Bertz CT molecular complexity index is 1990. The van der Waals surface area contributed by atoms with Gasteiger partial charge in [0.05, 0.1) is 22.3 Å². The van der Waals surface area contributed by atoms with E-state index in [0.717, 1.165) is 10.7 Å². The molecular weight excluding hydrogens is 596 g/mol. The molecule has 12 nitrogen and oxygen atoms in total. The van der Waals surface area contributed by atoms with E-state index in [1.54, 1.807) is 24.2 Å². The lowest BCUT2D eigenvalue weighted by Gasteiger charge is -2.41. The van der Waals surface area contributed by atoms with Gasteiger partial charge in [0, 0.05) is 31.9 Å². The second kappa shape index (κ2) is 11.9. The van der Waals surface area contributed by atoms with Crippen LogP contribution in [0.3, 0.4) is 0 Å². The van der Waals surface area contributed by atoms with E-state index in [4.69, 9.17) is 0 Å². The number of hydrogen-bond acceptors (Lipinski definition) is 9. The Kier molecular flexibility index (Phi) is 7.96. The predicted molar refractivity (Wildman–Crippen MR) is 167 cm³/mol. The van der Waals surface area contributed by atoms with Crippen molar-refractivity contribution in [3.63, 3.8) is 0 Å². The highest BCUT2D eigenvalue weighted by Gasteiger charge is 2.34. The number of halogens is 2. The lowest BCUT2D eigenvalue weighted by atomic mass is 9.97. The van der Waals surface area contributed by atoms with E-state index in [9.17, 15) is 14.7 Å². The Morgan fingerprint density at radius 2 is 1.93 bits per heavy atom. The van der Waals surface area contributed by atoms with Gasteiger partial charge in [0.1, 0.15) is 35.7 Å². The molecule has 0 spiro atoms. The van der Waals surface area contributed by atoms with Gasteiger partial charge in [0.15, 0.2) is 11.5 Å². The molecule has 4 aromatic heterocycles. The molecule has 6 rings (SSSR count). The van der Waals surface area contributed by atoms with E-state index in [1.807, 2.05) is 32.6 Å². The summed E-state index contributed by atoms with van der Waals surface area (Å²) >= 11 is 0. The molecule has 5 aromatic rings. The van der Waals surface area contributed by atoms with Crippen LogP contribution in [0.5, 0.6) is 5.75 Å². The number of phenols is 1. The van der Waals surface area contributed by atoms with Crippen molar-refractivity contribution in [3.05, 3.63) is 82.6 Å². The molecule has 0 radical (unpaired) electrons. The van der Waals surface area contributed by atoms with Crippen LogP contribution in [0.15, 0.2) is 54.0 Å². The average Bonchev–Trinajstić information content (AvgIpc) is 3.56. The Labute approximate surface area is 263 Å². The molecule has 0 bridgehead atoms. The molecule has 1 unspecified atom stereocenters. The van der Waals surface area contributed by atoms with Crippen molar-refractivity contribution >= 4 is 22.9 Å². The minimum absolute atomic E-state index is 0.0415. The van der Waals surface area contributed by atoms with Crippen LogP contribution in [0.2, 0.25) is 0 Å². The highest BCUT2D eigenvalue weighted by atomic mass is 19.1. The summed E-state index contributed by atoms with van der Waals surface area (Å²) in [5, 5.41) is 14.7. The summed E-state index contributed by atoms with van der Waals surface area (Å²) < 4.78 is 33.5. The summed E-state index contributed by atoms with van der Waals surface area (Å²) in [5.74, 6) is -2.13. The van der Waals surface area contributed by atoms with E-state index < -0.39 is 34.3 Å². The predicted octanol–water partition coefficient (Wildman–Crippen LogP) is 4.81. The quantitative estimate of drug-likeness (QED) is 0.291. The number of carbonyl (C=O) groups is 1. The third kappa shape index (κ3) is 5.22. The van der Waals surface area contributed by atoms with Gasteiger partial charge in [-0.2, -0.15) is 14.8 Å². The molecule has 1 aromatic carbocycles. The van der Waals surface area contributed by atoms with E-state index in [2.05, 4.69) is 25.0 Å². The normalized spacial score (nSPS) is 16.7. The van der Waals surface area contributed by atoms with Gasteiger partial charge in [-0.15, -0.1) is 0 Å². The number of aromatic nitrogens is 7. The Morgan fingerprint density at radius 3 is 2.61 bits per heavy atom. The number of benzene rings is 1. The number of aryl methyl sites for hydroxylation is 1. The number of hydrogen-bond donors (Lipinski definition) is 1. The highest BCUT2D eigenvalue weighted by Crippen LogP contribution is 2.37. The molecular formula is C32H33F2N9O3. The number of amides is 1. The first-order chi connectivity index (χ1) is 22.0. The third-order valence-corrected chi connectivity index (χ3v) is 8.54. The average molecular weight is 630 g/mol. The lowest BCUT2D eigenvalue weighted by Crippen LogP contribution is -2.51. The number of pyridine rings is 2. The first-order valence-electron chi connectivity index (χ1n) is 14.9. The maximum Gasteiger partial charge on any atom is 0.355 e. The van der Waals surface area contributed by atoms with Crippen molar-refractivity contribution in [2.75, 3.05) is 18.5 Å². The Balaban J connectivity index is 1.52. The first kappa shape index (κ1) is 30.7. The largest absolute Gasteiger partial charge is 0.507 e. The van der Waals surface area contributed by atoms with E-state index >= 15 is 8.78 Å². The van der Waals surface area contributed by atoms with E-state index in [1.165, 1.54) is 35.4 Å². The second-order valence-corrected chi connectivity index (χ2v) is 11.8. The summed E-state index contributed by atoms with van der Waals surface area (Å²) in [6, 6.07) is 5.90. The minimum Gasteiger partial charge on any atom is -0.507 e. The van der Waals surface area contributed by atoms with E-state index in [-0.39, 0.29) is 40.9 Å². The van der Waals surface area contributed by atoms with Crippen LogP contribution < -0.4 is 10.6 Å². The number of carbonyl (C=O) groups excluding carboxylic acids is 1. The molecule has 14 heteroatoms. The van der Waals surface area contributed by atoms with Gasteiger partial charge in [-0.05, 0) is 62.4 Å². The van der Waals surface area contributed by atoms with Crippen molar-refractivity contribution in [2.24, 2.45) is 0 Å². The van der Waals surface area contributed by atoms with Gasteiger partial charge in [-0.1, -0.05) is 19.9 Å². The Hall–Kier alpha value is -5.27. The fraction of sp³-hybridized carbons (Fsp3) is 0.344. The van der Waals surface area contributed by atoms with Crippen LogP contribution in [0.25, 0.3) is 28.0 Å². The molecule has 1 saturated heterocycles. The van der Waals surface area contributed by atoms with Gasteiger partial charge in [-0.3, -0.25) is 4.98 Å². The van der Waals surface area contributed by atoms with Gasteiger partial charge >= 0.3 is 11.7 Å². The molecule has 238 valence electrons. The number of fused-ring (bicyclic) bond motifs is 1. The fourth-order valence-electron chi connectivity index (χ4n) is 6.17. The van der Waals surface area contributed by atoms with Crippen LogP contribution in [0, 0.1) is 18.6 Å². The van der Waals surface area contributed by atoms with Crippen molar-refractivity contribution in [1.82, 2.24) is 39.2 Å². The zero-order chi connectivity index (χ0) is 32.9. The molecule has 1 amide bonds. The minimum atomic E-state index is -0.895. The topological polar surface area (TPSA) is 135 Å². The monoisotopic (exact) mass is 629 g/mol. The molecule has 5 heterocycles. The van der Waals surface area contributed by atoms with Gasteiger partial charge < -0.3 is 14.9 Å². The van der Waals surface area contributed by atoms with Crippen LogP contribution in [-0.4, -0.2) is 76.0 Å². The lowest BCUT2D eigenvalue weighted by molar-refractivity contribution is 0.172. The molecule has 1 aliphatic rings. The molecule has 2 atom stereocenters.